The Balaban J connectivity index is 1.45. The molecule has 1 fully saturated rings. The molecule has 29 heavy (non-hydrogen) atoms. The van der Waals surface area contributed by atoms with E-state index in [1.807, 2.05) is 0 Å². The molecule has 3 aromatic rings. The summed E-state index contributed by atoms with van der Waals surface area (Å²) in [5, 5.41) is 10.1. The summed E-state index contributed by atoms with van der Waals surface area (Å²) in [6, 6.07) is 10.8. The molecule has 4 rings (SSSR count). The number of aromatic nitrogens is 3. The molecule has 1 aromatic carbocycles. The maximum Gasteiger partial charge on any atom is 0.322 e. The summed E-state index contributed by atoms with van der Waals surface area (Å²) in [5.74, 6) is -0.329. The number of pyridine rings is 1. The molecule has 0 spiro atoms. The standard InChI is InChI=1S/C18H17N5O5S/c24-16(20-18-22-21-17(28-18)15-3-1-2-8-19-15)13-4-6-14(7-5-13)29(25,26)23-9-11-27-12-10-23/h1-8H,9-12H2,(H,20,22,24). The molecule has 11 heteroatoms. The average Bonchev–Trinajstić information content (AvgIpc) is 3.23. The zero-order chi connectivity index (χ0) is 20.3. The first-order chi connectivity index (χ1) is 14.0. The van der Waals surface area contributed by atoms with Crippen LogP contribution in [0.15, 0.2) is 58.0 Å². The first-order valence-corrected chi connectivity index (χ1v) is 10.2. The van der Waals surface area contributed by atoms with Gasteiger partial charge < -0.3 is 9.15 Å². The third-order valence-electron chi connectivity index (χ3n) is 4.25. The van der Waals surface area contributed by atoms with E-state index < -0.39 is 15.9 Å². The van der Waals surface area contributed by atoms with Crippen molar-refractivity contribution in [3.8, 4) is 11.6 Å². The lowest BCUT2D eigenvalue weighted by atomic mass is 10.2. The maximum atomic E-state index is 12.6. The van der Waals surface area contributed by atoms with Crippen molar-refractivity contribution in [2.24, 2.45) is 0 Å². The molecule has 10 nitrogen and oxygen atoms in total. The second-order valence-corrected chi connectivity index (χ2v) is 8.06. The third-order valence-corrected chi connectivity index (χ3v) is 6.17. The molecule has 2 aromatic heterocycles. The third kappa shape index (κ3) is 4.16. The van der Waals surface area contributed by atoms with Gasteiger partial charge in [0, 0.05) is 24.8 Å². The molecule has 0 unspecified atom stereocenters. The first-order valence-electron chi connectivity index (χ1n) is 8.78. The Hall–Kier alpha value is -3.15. The molecule has 0 atom stereocenters. The van der Waals surface area contributed by atoms with Crippen LogP contribution in [-0.2, 0) is 14.8 Å². The van der Waals surface area contributed by atoms with Gasteiger partial charge in [0.05, 0.1) is 18.1 Å². The zero-order valence-corrected chi connectivity index (χ0v) is 16.0. The molecule has 1 saturated heterocycles. The van der Waals surface area contributed by atoms with Gasteiger partial charge in [-0.05, 0) is 36.4 Å². The Labute approximate surface area is 166 Å². The van der Waals surface area contributed by atoms with Gasteiger partial charge in [0.15, 0.2) is 0 Å². The van der Waals surface area contributed by atoms with E-state index in [1.165, 1.54) is 28.6 Å². The first kappa shape index (κ1) is 19.2. The number of hydrogen-bond acceptors (Lipinski definition) is 8. The van der Waals surface area contributed by atoms with Gasteiger partial charge in [-0.3, -0.25) is 15.1 Å². The van der Waals surface area contributed by atoms with Crippen LogP contribution in [0.3, 0.4) is 0 Å². The minimum Gasteiger partial charge on any atom is -0.401 e. The highest BCUT2D eigenvalue weighted by molar-refractivity contribution is 7.89. The van der Waals surface area contributed by atoms with Crippen molar-refractivity contribution in [3.05, 3.63) is 54.2 Å². The molecular weight excluding hydrogens is 398 g/mol. The summed E-state index contributed by atoms with van der Waals surface area (Å²) in [6.45, 7) is 1.34. The number of anilines is 1. The number of carbonyl (C=O) groups excluding carboxylic acids is 1. The van der Waals surface area contributed by atoms with Crippen LogP contribution in [0.4, 0.5) is 6.01 Å². The number of hydrogen-bond donors (Lipinski definition) is 1. The van der Waals surface area contributed by atoms with Gasteiger partial charge in [-0.25, -0.2) is 8.42 Å². The van der Waals surface area contributed by atoms with Crippen LogP contribution in [0.1, 0.15) is 10.4 Å². The SMILES string of the molecule is O=C(Nc1nnc(-c2ccccn2)o1)c1ccc(S(=O)(=O)N2CCOCC2)cc1. The number of rotatable bonds is 5. The number of sulfonamides is 1. The molecule has 3 heterocycles. The number of benzene rings is 1. The molecule has 0 radical (unpaired) electrons. The van der Waals surface area contributed by atoms with Gasteiger partial charge in [-0.1, -0.05) is 11.2 Å². The number of nitrogens with zero attached hydrogens (tertiary/aromatic N) is 4. The van der Waals surface area contributed by atoms with Gasteiger partial charge in [-0.15, -0.1) is 5.10 Å². The number of amides is 1. The number of ether oxygens (including phenoxy) is 1. The van der Waals surface area contributed by atoms with E-state index >= 15 is 0 Å². The van der Waals surface area contributed by atoms with E-state index in [4.69, 9.17) is 9.15 Å². The minimum absolute atomic E-state index is 0.0827. The molecule has 1 aliphatic heterocycles. The fraction of sp³-hybridized carbons (Fsp3) is 0.222. The van der Waals surface area contributed by atoms with Crippen molar-refractivity contribution in [3.63, 3.8) is 0 Å². The van der Waals surface area contributed by atoms with Crippen molar-refractivity contribution in [2.45, 2.75) is 4.90 Å². The van der Waals surface area contributed by atoms with Crippen LogP contribution < -0.4 is 5.32 Å². The topological polar surface area (TPSA) is 128 Å². The highest BCUT2D eigenvalue weighted by Gasteiger charge is 2.26. The second-order valence-electron chi connectivity index (χ2n) is 6.12. The second kappa shape index (κ2) is 8.07. The van der Waals surface area contributed by atoms with Gasteiger partial charge in [0.2, 0.25) is 10.0 Å². The number of carbonyl (C=O) groups is 1. The number of nitrogens with one attached hydrogen (secondary N) is 1. The highest BCUT2D eigenvalue weighted by Crippen LogP contribution is 2.20. The van der Waals surface area contributed by atoms with Crippen LogP contribution in [0.25, 0.3) is 11.6 Å². The van der Waals surface area contributed by atoms with Crippen LogP contribution >= 0.6 is 0 Å². The largest absolute Gasteiger partial charge is 0.401 e. The predicted octanol–water partition coefficient (Wildman–Crippen LogP) is 1.40. The monoisotopic (exact) mass is 415 g/mol. The maximum absolute atomic E-state index is 12.6. The molecule has 0 saturated carbocycles. The summed E-state index contributed by atoms with van der Waals surface area (Å²) in [7, 11) is -3.62. The molecule has 0 aliphatic carbocycles. The van der Waals surface area contributed by atoms with E-state index in [0.717, 1.165) is 0 Å². The van der Waals surface area contributed by atoms with Gasteiger partial charge >= 0.3 is 6.01 Å². The fourth-order valence-corrected chi connectivity index (χ4v) is 4.16. The molecule has 150 valence electrons. The van der Waals surface area contributed by atoms with Crippen molar-refractivity contribution in [1.29, 1.82) is 0 Å². The Kier molecular flexibility index (Phi) is 5.34. The van der Waals surface area contributed by atoms with E-state index in [0.29, 0.717) is 32.0 Å². The average molecular weight is 415 g/mol. The molecule has 1 N–H and O–H groups in total. The van der Waals surface area contributed by atoms with Crippen LogP contribution in [0.5, 0.6) is 0 Å². The lowest BCUT2D eigenvalue weighted by Gasteiger charge is -2.26. The smallest absolute Gasteiger partial charge is 0.322 e. The zero-order valence-electron chi connectivity index (χ0n) is 15.2. The highest BCUT2D eigenvalue weighted by atomic mass is 32.2. The Morgan fingerprint density at radius 2 is 1.79 bits per heavy atom. The van der Waals surface area contributed by atoms with Gasteiger partial charge in [0.25, 0.3) is 11.8 Å². The van der Waals surface area contributed by atoms with Crippen molar-refractivity contribution >= 4 is 21.9 Å². The summed E-state index contributed by atoms with van der Waals surface area (Å²) in [4.78, 5) is 16.6. The molecule has 1 amide bonds. The van der Waals surface area contributed by atoms with Gasteiger partial charge in [-0.2, -0.15) is 4.31 Å². The van der Waals surface area contributed by atoms with E-state index in [2.05, 4.69) is 20.5 Å². The van der Waals surface area contributed by atoms with E-state index in [-0.39, 0.29) is 22.4 Å². The lowest BCUT2D eigenvalue weighted by Crippen LogP contribution is -2.40. The van der Waals surface area contributed by atoms with Crippen LogP contribution in [0, 0.1) is 0 Å². The fourth-order valence-electron chi connectivity index (χ4n) is 2.75. The Bertz CT molecular complexity index is 1090. The summed E-state index contributed by atoms with van der Waals surface area (Å²) in [6.07, 6.45) is 1.59. The summed E-state index contributed by atoms with van der Waals surface area (Å²) in [5.41, 5.74) is 0.738. The molecule has 1 aliphatic rings. The Morgan fingerprint density at radius 1 is 1.03 bits per heavy atom. The van der Waals surface area contributed by atoms with Gasteiger partial charge in [0.1, 0.15) is 5.69 Å². The molecular formula is C18H17N5O5S. The summed E-state index contributed by atoms with van der Waals surface area (Å²) < 4.78 is 37.2. The van der Waals surface area contributed by atoms with Crippen molar-refractivity contribution in [1.82, 2.24) is 19.5 Å². The lowest BCUT2D eigenvalue weighted by molar-refractivity contribution is 0.0730. The van der Waals surface area contributed by atoms with E-state index in [1.54, 1.807) is 24.4 Å². The Morgan fingerprint density at radius 3 is 2.48 bits per heavy atom. The predicted molar refractivity (Wildman–Crippen MR) is 102 cm³/mol. The summed E-state index contributed by atoms with van der Waals surface area (Å²) >= 11 is 0. The van der Waals surface area contributed by atoms with Crippen molar-refractivity contribution in [2.75, 3.05) is 31.6 Å². The quantitative estimate of drug-likeness (QED) is 0.662. The van der Waals surface area contributed by atoms with Crippen LogP contribution in [0.2, 0.25) is 0 Å². The molecule has 0 bridgehead atoms. The number of morpholine rings is 1. The van der Waals surface area contributed by atoms with Crippen LogP contribution in [-0.4, -0.2) is 60.1 Å². The minimum atomic E-state index is -3.62. The van der Waals surface area contributed by atoms with E-state index in [9.17, 15) is 13.2 Å². The normalized spacial score (nSPS) is 15.2. The van der Waals surface area contributed by atoms with Crippen molar-refractivity contribution < 1.29 is 22.4 Å².